The predicted octanol–water partition coefficient (Wildman–Crippen LogP) is -1.26. The van der Waals surface area contributed by atoms with Gasteiger partial charge in [-0.25, -0.2) is 4.79 Å². The average Bonchev–Trinajstić information content (AvgIpc) is 2.48. The molecule has 0 aliphatic carbocycles. The molecule has 5 nitrogen and oxygen atoms in total. The van der Waals surface area contributed by atoms with Gasteiger partial charge in [-0.1, -0.05) is 12.2 Å². The van der Waals surface area contributed by atoms with Crippen LogP contribution in [-0.4, -0.2) is 31.1 Å². The van der Waals surface area contributed by atoms with E-state index in [-0.39, 0.29) is 40.9 Å². The van der Waals surface area contributed by atoms with Crippen LogP contribution in [0.3, 0.4) is 0 Å². The van der Waals surface area contributed by atoms with Crippen LogP contribution in [0, 0.1) is 0 Å². The molecule has 112 valence electrons. The van der Waals surface area contributed by atoms with Crippen molar-refractivity contribution in [3.8, 4) is 11.5 Å². The zero-order valence-corrected chi connectivity index (χ0v) is 14.8. The molecule has 1 aliphatic rings. The zero-order valence-electron chi connectivity index (χ0n) is 12.8. The number of benzene rings is 1. The second-order valence-electron chi connectivity index (χ2n) is 5.34. The largest absolute Gasteiger partial charge is 1.00 e. The van der Waals surface area contributed by atoms with Gasteiger partial charge in [-0.05, 0) is 38.1 Å². The van der Waals surface area contributed by atoms with E-state index in [1.165, 1.54) is 19.3 Å². The number of hydrogen-bond donors (Lipinski definition) is 0. The van der Waals surface area contributed by atoms with E-state index >= 15 is 0 Å². The van der Waals surface area contributed by atoms with E-state index in [0.29, 0.717) is 17.7 Å². The van der Waals surface area contributed by atoms with Gasteiger partial charge in [0.05, 0.1) is 0 Å². The minimum Gasteiger partial charge on any atom is -0.872 e. The Bertz CT molecular complexity index is 679. The number of ether oxygens (including phenoxy) is 1. The quantitative estimate of drug-likeness (QED) is 0.521. The Morgan fingerprint density at radius 1 is 1.18 bits per heavy atom. The second-order valence-corrected chi connectivity index (χ2v) is 5.34. The first-order chi connectivity index (χ1) is 10.2. The van der Waals surface area contributed by atoms with Gasteiger partial charge >= 0.3 is 35.2 Å². The fourth-order valence-corrected chi connectivity index (χ4v) is 2.68. The van der Waals surface area contributed by atoms with Gasteiger partial charge in [0.1, 0.15) is 17.9 Å². The van der Waals surface area contributed by atoms with Crippen LogP contribution in [0.1, 0.15) is 19.3 Å². The fraction of sp³-hybridized carbons (Fsp3) is 0.438. The summed E-state index contributed by atoms with van der Waals surface area (Å²) in [5, 5.41) is 12.0. The monoisotopic (exact) mass is 311 g/mol. The number of rotatable bonds is 4. The average molecular weight is 311 g/mol. The molecule has 1 fully saturated rings. The first-order valence-electron chi connectivity index (χ1n) is 7.32. The molecular formula is C16H18NNaO4. The summed E-state index contributed by atoms with van der Waals surface area (Å²) in [7, 11) is 0. The van der Waals surface area contributed by atoms with E-state index in [2.05, 4.69) is 4.90 Å². The SMILES string of the molecule is O=c1cc([O-])c2ccc(OCCN3CCCCC3)cc2o1.[Na+]. The van der Waals surface area contributed by atoms with Crippen molar-refractivity contribution in [1.29, 1.82) is 0 Å². The molecule has 1 aliphatic heterocycles. The normalized spacial score (nSPS) is 15.5. The van der Waals surface area contributed by atoms with Crippen molar-refractivity contribution in [3.63, 3.8) is 0 Å². The molecule has 0 radical (unpaired) electrons. The summed E-state index contributed by atoms with van der Waals surface area (Å²) >= 11 is 0. The van der Waals surface area contributed by atoms with E-state index < -0.39 is 5.63 Å². The molecule has 2 heterocycles. The van der Waals surface area contributed by atoms with E-state index in [4.69, 9.17) is 9.15 Å². The van der Waals surface area contributed by atoms with Gasteiger partial charge < -0.3 is 14.3 Å². The molecule has 22 heavy (non-hydrogen) atoms. The summed E-state index contributed by atoms with van der Waals surface area (Å²) < 4.78 is 10.7. The van der Waals surface area contributed by atoms with Crippen molar-refractivity contribution in [2.45, 2.75) is 19.3 Å². The van der Waals surface area contributed by atoms with Crippen molar-refractivity contribution < 1.29 is 43.8 Å². The van der Waals surface area contributed by atoms with Crippen LogP contribution < -0.4 is 45.0 Å². The van der Waals surface area contributed by atoms with Gasteiger partial charge in [0.25, 0.3) is 0 Å². The molecule has 3 rings (SSSR count). The molecule has 0 spiro atoms. The Morgan fingerprint density at radius 3 is 2.73 bits per heavy atom. The minimum atomic E-state index is -0.627. The van der Waals surface area contributed by atoms with Gasteiger partial charge in [-0.3, -0.25) is 4.90 Å². The number of hydrogen-bond acceptors (Lipinski definition) is 5. The van der Waals surface area contributed by atoms with Crippen molar-refractivity contribution in [3.05, 3.63) is 34.7 Å². The van der Waals surface area contributed by atoms with Crippen molar-refractivity contribution in [2.75, 3.05) is 26.2 Å². The third-order valence-corrected chi connectivity index (χ3v) is 3.80. The number of fused-ring (bicyclic) bond motifs is 1. The number of piperidine rings is 1. The summed E-state index contributed by atoms with van der Waals surface area (Å²) in [6.45, 7) is 3.75. The van der Waals surface area contributed by atoms with Gasteiger partial charge in [0, 0.05) is 24.1 Å². The smallest absolute Gasteiger partial charge is 0.872 e. The molecule has 0 unspecified atom stereocenters. The van der Waals surface area contributed by atoms with Crippen molar-refractivity contribution in [1.82, 2.24) is 4.90 Å². The van der Waals surface area contributed by atoms with E-state index in [9.17, 15) is 9.90 Å². The zero-order chi connectivity index (χ0) is 14.7. The minimum absolute atomic E-state index is 0. The molecular weight excluding hydrogens is 293 g/mol. The maximum atomic E-state index is 11.6. The molecule has 0 atom stereocenters. The van der Waals surface area contributed by atoms with Crippen LogP contribution in [0.4, 0.5) is 0 Å². The number of likely N-dealkylation sites (tertiary alicyclic amines) is 1. The summed E-state index contributed by atoms with van der Waals surface area (Å²) in [5.74, 6) is 0.300. The van der Waals surface area contributed by atoms with Crippen molar-refractivity contribution in [2.24, 2.45) is 0 Å². The van der Waals surface area contributed by atoms with Crippen LogP contribution in [-0.2, 0) is 0 Å². The second kappa shape index (κ2) is 8.02. The molecule has 0 amide bonds. The standard InChI is InChI=1S/C16H19NO4.Na/c18-14-11-16(19)21-15-10-12(4-5-13(14)15)20-9-8-17-6-2-1-3-7-17;/h4-5,10-11,18H,1-3,6-9H2;/q;+1/p-1. The molecule has 6 heteroatoms. The van der Waals surface area contributed by atoms with Crippen LogP contribution in [0.5, 0.6) is 11.5 Å². The maximum Gasteiger partial charge on any atom is 1.00 e. The van der Waals surface area contributed by atoms with Gasteiger partial charge in [-0.2, -0.15) is 0 Å². The van der Waals surface area contributed by atoms with Gasteiger partial charge in [0.2, 0.25) is 0 Å². The van der Waals surface area contributed by atoms with E-state index in [1.54, 1.807) is 18.2 Å². The van der Waals surface area contributed by atoms with Crippen LogP contribution in [0.2, 0.25) is 0 Å². The predicted molar refractivity (Wildman–Crippen MR) is 77.7 cm³/mol. The van der Waals surface area contributed by atoms with Crippen LogP contribution >= 0.6 is 0 Å². The van der Waals surface area contributed by atoms with Gasteiger partial charge in [-0.15, -0.1) is 0 Å². The molecule has 1 saturated heterocycles. The van der Waals surface area contributed by atoms with E-state index in [1.807, 2.05) is 0 Å². The first-order valence-corrected chi connectivity index (χ1v) is 7.32. The van der Waals surface area contributed by atoms with Crippen LogP contribution in [0.25, 0.3) is 11.0 Å². The Morgan fingerprint density at radius 2 is 1.95 bits per heavy atom. The topological polar surface area (TPSA) is 65.7 Å². The summed E-state index contributed by atoms with van der Waals surface area (Å²) in [6, 6.07) is 5.93. The Labute approximate surface area is 151 Å². The Hall–Kier alpha value is -1.01. The molecule has 1 aromatic heterocycles. The molecule has 0 saturated carbocycles. The van der Waals surface area contributed by atoms with Crippen LogP contribution in [0.15, 0.2) is 33.5 Å². The molecule has 0 N–H and O–H groups in total. The Kier molecular flexibility index (Phi) is 6.32. The Balaban J connectivity index is 0.00000176. The summed E-state index contributed by atoms with van der Waals surface area (Å²) in [5.41, 5.74) is -0.346. The molecule has 2 aromatic rings. The first kappa shape index (κ1) is 17.3. The molecule has 0 bridgehead atoms. The summed E-state index contributed by atoms with van der Waals surface area (Å²) in [6.07, 6.45) is 3.83. The van der Waals surface area contributed by atoms with Crippen molar-refractivity contribution >= 4 is 11.0 Å². The van der Waals surface area contributed by atoms with E-state index in [0.717, 1.165) is 25.7 Å². The third-order valence-electron chi connectivity index (χ3n) is 3.80. The summed E-state index contributed by atoms with van der Waals surface area (Å²) in [4.78, 5) is 13.6. The third kappa shape index (κ3) is 4.26. The maximum absolute atomic E-state index is 11.6. The number of nitrogens with zero attached hydrogens (tertiary/aromatic N) is 1. The molecule has 1 aromatic carbocycles. The fourth-order valence-electron chi connectivity index (χ4n) is 2.68. The van der Waals surface area contributed by atoms with Gasteiger partial charge in [0.15, 0.2) is 0 Å².